The molecule has 3 heterocycles. The minimum atomic E-state index is -4.74. The molecule has 35 heavy (non-hydrogen) atoms. The van der Waals surface area contributed by atoms with Crippen molar-refractivity contribution in [2.24, 2.45) is 17.8 Å². The Morgan fingerprint density at radius 2 is 1.71 bits per heavy atom. The Balaban J connectivity index is 1.28. The Morgan fingerprint density at radius 3 is 2.29 bits per heavy atom. The van der Waals surface area contributed by atoms with Gasteiger partial charge in [0, 0.05) is 26.4 Å². The molecule has 3 aromatic rings. The standard InChI is InChI=1S/C23H27F3N6O3/c1-13(2)32-21(34-17-6-8-18(9-7-17)35-23(24,25)26)27-20(30-32)10-19-15-4-5-16(19)12-31(11-15)22-29-28-14(3)33-22/h6-9,13,15-16,19H,4-5,10-12H2,1-3H3/t15-,16+,19?. The Hall–Kier alpha value is -3.31. The summed E-state index contributed by atoms with van der Waals surface area (Å²) in [6.45, 7) is 7.46. The lowest BCUT2D eigenvalue weighted by Gasteiger charge is -2.36. The fourth-order valence-electron chi connectivity index (χ4n) is 5.11. The summed E-state index contributed by atoms with van der Waals surface area (Å²) in [5, 5.41) is 12.8. The summed E-state index contributed by atoms with van der Waals surface area (Å²) < 4.78 is 54.4. The maximum Gasteiger partial charge on any atom is 0.573 e. The molecule has 12 heteroatoms. The number of ether oxygens (including phenoxy) is 2. The Kier molecular flexibility index (Phi) is 6.06. The molecule has 1 saturated heterocycles. The smallest absolute Gasteiger partial charge is 0.424 e. The molecule has 3 atom stereocenters. The fourth-order valence-corrected chi connectivity index (χ4v) is 5.11. The first-order chi connectivity index (χ1) is 16.6. The van der Waals surface area contributed by atoms with Crippen molar-refractivity contribution < 1.29 is 27.1 Å². The Labute approximate surface area is 200 Å². The monoisotopic (exact) mass is 492 g/mol. The zero-order chi connectivity index (χ0) is 24.7. The predicted octanol–water partition coefficient (Wildman–Crippen LogP) is 4.95. The number of aromatic nitrogens is 5. The zero-order valence-corrected chi connectivity index (χ0v) is 19.7. The van der Waals surface area contributed by atoms with Crippen LogP contribution in [-0.4, -0.2) is 44.4 Å². The van der Waals surface area contributed by atoms with E-state index in [0.717, 1.165) is 32.4 Å². The molecule has 2 fully saturated rings. The molecule has 5 rings (SSSR count). The van der Waals surface area contributed by atoms with Crippen molar-refractivity contribution in [3.63, 3.8) is 0 Å². The molecule has 2 bridgehead atoms. The lowest BCUT2D eigenvalue weighted by atomic mass is 9.82. The molecular weight excluding hydrogens is 465 g/mol. The number of fused-ring (bicyclic) bond motifs is 2. The van der Waals surface area contributed by atoms with E-state index in [-0.39, 0.29) is 11.8 Å². The van der Waals surface area contributed by atoms with E-state index < -0.39 is 6.36 Å². The number of alkyl halides is 3. The Bertz CT molecular complexity index is 1150. The SMILES string of the molecule is Cc1nnc(N2C[C@H]3CC[C@@H](C2)C3Cc2nc(Oc3ccc(OC(F)(F)F)cc3)n(C(C)C)n2)o1. The van der Waals surface area contributed by atoms with E-state index >= 15 is 0 Å². The number of nitrogens with zero attached hydrogens (tertiary/aromatic N) is 6. The first-order valence-corrected chi connectivity index (χ1v) is 11.7. The average Bonchev–Trinajstić information content (AvgIpc) is 3.45. The van der Waals surface area contributed by atoms with Gasteiger partial charge in [-0.05, 0) is 68.7 Å². The van der Waals surface area contributed by atoms with E-state index in [2.05, 4.69) is 24.8 Å². The van der Waals surface area contributed by atoms with Crippen LogP contribution < -0.4 is 14.4 Å². The van der Waals surface area contributed by atoms with Gasteiger partial charge in [-0.3, -0.25) is 0 Å². The van der Waals surface area contributed by atoms with Gasteiger partial charge < -0.3 is 18.8 Å². The summed E-state index contributed by atoms with van der Waals surface area (Å²) in [6, 6.07) is 6.13. The summed E-state index contributed by atoms with van der Waals surface area (Å²) in [5.41, 5.74) is 0. The summed E-state index contributed by atoms with van der Waals surface area (Å²) in [5.74, 6) is 2.72. The molecular formula is C23H27F3N6O3. The Morgan fingerprint density at radius 1 is 1.06 bits per heavy atom. The second kappa shape index (κ2) is 9.04. The van der Waals surface area contributed by atoms with E-state index in [9.17, 15) is 13.2 Å². The third-order valence-electron chi connectivity index (χ3n) is 6.63. The molecule has 1 aliphatic carbocycles. The maximum absolute atomic E-state index is 12.4. The van der Waals surface area contributed by atoms with Gasteiger partial charge in [-0.15, -0.1) is 18.3 Å². The molecule has 2 aromatic heterocycles. The van der Waals surface area contributed by atoms with Crippen LogP contribution in [0.25, 0.3) is 0 Å². The van der Waals surface area contributed by atoms with Gasteiger partial charge in [0.15, 0.2) is 5.82 Å². The number of halogens is 3. The second-order valence-corrected chi connectivity index (χ2v) is 9.44. The summed E-state index contributed by atoms with van der Waals surface area (Å²) in [6.07, 6.45) is -1.73. The van der Waals surface area contributed by atoms with Crippen molar-refractivity contribution in [2.45, 2.75) is 52.4 Å². The third kappa shape index (κ3) is 5.20. The molecule has 2 aliphatic rings. The van der Waals surface area contributed by atoms with Gasteiger partial charge in [0.2, 0.25) is 5.89 Å². The van der Waals surface area contributed by atoms with Crippen molar-refractivity contribution >= 4 is 6.01 Å². The minimum absolute atomic E-state index is 0.00146. The van der Waals surface area contributed by atoms with Crippen LogP contribution in [-0.2, 0) is 6.42 Å². The van der Waals surface area contributed by atoms with Crippen LogP contribution >= 0.6 is 0 Å². The number of hydrogen-bond donors (Lipinski definition) is 0. The van der Waals surface area contributed by atoms with Gasteiger partial charge in [-0.2, -0.15) is 10.1 Å². The molecule has 1 saturated carbocycles. The van der Waals surface area contributed by atoms with Crippen LogP contribution in [0.2, 0.25) is 0 Å². The van der Waals surface area contributed by atoms with Crippen molar-refractivity contribution in [2.75, 3.05) is 18.0 Å². The van der Waals surface area contributed by atoms with E-state index in [4.69, 9.17) is 14.3 Å². The third-order valence-corrected chi connectivity index (χ3v) is 6.63. The predicted molar refractivity (Wildman–Crippen MR) is 118 cm³/mol. The van der Waals surface area contributed by atoms with Gasteiger partial charge in [-0.1, -0.05) is 5.10 Å². The molecule has 188 valence electrons. The topological polar surface area (TPSA) is 91.3 Å². The second-order valence-electron chi connectivity index (χ2n) is 9.44. The minimum Gasteiger partial charge on any atom is -0.424 e. The molecule has 0 radical (unpaired) electrons. The van der Waals surface area contributed by atoms with Crippen molar-refractivity contribution in [1.29, 1.82) is 0 Å². The number of aryl methyl sites for hydroxylation is 1. The highest BCUT2D eigenvalue weighted by Crippen LogP contribution is 2.44. The first kappa shape index (κ1) is 23.4. The first-order valence-electron chi connectivity index (χ1n) is 11.7. The van der Waals surface area contributed by atoms with E-state index in [0.29, 0.717) is 47.2 Å². The van der Waals surface area contributed by atoms with Gasteiger partial charge >= 0.3 is 18.4 Å². The summed E-state index contributed by atoms with van der Waals surface area (Å²) >= 11 is 0. The van der Waals surface area contributed by atoms with Gasteiger partial charge in [0.1, 0.15) is 11.5 Å². The molecule has 1 aromatic carbocycles. The fraction of sp³-hybridized carbons (Fsp3) is 0.565. The van der Waals surface area contributed by atoms with E-state index in [1.807, 2.05) is 13.8 Å². The van der Waals surface area contributed by atoms with Crippen LogP contribution in [0.15, 0.2) is 28.7 Å². The maximum atomic E-state index is 12.4. The van der Waals surface area contributed by atoms with Crippen molar-refractivity contribution in [1.82, 2.24) is 25.0 Å². The highest BCUT2D eigenvalue weighted by Gasteiger charge is 2.43. The highest BCUT2D eigenvalue weighted by atomic mass is 19.4. The zero-order valence-electron chi connectivity index (χ0n) is 19.7. The number of rotatable bonds is 7. The van der Waals surface area contributed by atoms with Crippen molar-refractivity contribution in [3.05, 3.63) is 36.0 Å². The number of piperidine rings is 1. The molecule has 0 spiro atoms. The average molecular weight is 493 g/mol. The summed E-state index contributed by atoms with van der Waals surface area (Å²) in [4.78, 5) is 6.82. The van der Waals surface area contributed by atoms with Crippen LogP contribution in [0.3, 0.4) is 0 Å². The van der Waals surface area contributed by atoms with Gasteiger partial charge in [0.25, 0.3) is 0 Å². The van der Waals surface area contributed by atoms with Crippen LogP contribution in [0.4, 0.5) is 19.2 Å². The van der Waals surface area contributed by atoms with E-state index in [1.165, 1.54) is 24.3 Å². The molecule has 0 amide bonds. The van der Waals surface area contributed by atoms with Gasteiger partial charge in [-0.25, -0.2) is 4.68 Å². The lowest BCUT2D eigenvalue weighted by molar-refractivity contribution is -0.274. The van der Waals surface area contributed by atoms with Crippen molar-refractivity contribution in [3.8, 4) is 17.5 Å². The quantitative estimate of drug-likeness (QED) is 0.458. The van der Waals surface area contributed by atoms with E-state index in [1.54, 1.807) is 11.6 Å². The van der Waals surface area contributed by atoms with Crippen LogP contribution in [0, 0.1) is 24.7 Å². The highest BCUT2D eigenvalue weighted by molar-refractivity contribution is 5.33. The number of hydrogen-bond acceptors (Lipinski definition) is 8. The lowest BCUT2D eigenvalue weighted by Crippen LogP contribution is -2.43. The number of anilines is 1. The van der Waals surface area contributed by atoms with Crippen LogP contribution in [0.5, 0.6) is 17.5 Å². The normalized spacial score (nSPS) is 22.1. The molecule has 1 unspecified atom stereocenters. The van der Waals surface area contributed by atoms with Crippen LogP contribution in [0.1, 0.15) is 44.4 Å². The number of benzene rings is 1. The summed E-state index contributed by atoms with van der Waals surface area (Å²) in [7, 11) is 0. The largest absolute Gasteiger partial charge is 0.573 e. The molecule has 9 nitrogen and oxygen atoms in total. The molecule has 1 aliphatic heterocycles. The molecule has 0 N–H and O–H groups in total. The van der Waals surface area contributed by atoms with Gasteiger partial charge in [0.05, 0.1) is 6.04 Å².